The topological polar surface area (TPSA) is 62.2 Å². The number of anilines is 1. The number of piperidine rings is 1. The van der Waals surface area contributed by atoms with E-state index in [1.807, 2.05) is 42.5 Å². The molecule has 1 heterocycles. The van der Waals surface area contributed by atoms with Gasteiger partial charge in [0.15, 0.2) is 6.10 Å². The fourth-order valence-corrected chi connectivity index (χ4v) is 4.16. The van der Waals surface area contributed by atoms with Gasteiger partial charge in [0, 0.05) is 39.5 Å². The van der Waals surface area contributed by atoms with Gasteiger partial charge in [-0.3, -0.25) is 9.69 Å². The highest BCUT2D eigenvalue weighted by Crippen LogP contribution is 2.30. The van der Waals surface area contributed by atoms with E-state index in [4.69, 9.17) is 9.47 Å². The first kappa shape index (κ1) is 24.2. The number of carbonyl (C=O) groups excluding carboxylic acids is 1. The summed E-state index contributed by atoms with van der Waals surface area (Å²) in [6.07, 6.45) is 2.16. The van der Waals surface area contributed by atoms with Gasteiger partial charge in [-0.1, -0.05) is 43.7 Å². The zero-order valence-corrected chi connectivity index (χ0v) is 19.5. The van der Waals surface area contributed by atoms with Gasteiger partial charge in [-0.05, 0) is 49.1 Å². The molecular weight excluding hydrogens is 404 g/mol. The van der Waals surface area contributed by atoms with E-state index in [9.17, 15) is 9.90 Å². The van der Waals surface area contributed by atoms with E-state index in [2.05, 4.69) is 24.0 Å². The van der Waals surface area contributed by atoms with Gasteiger partial charge in [0.25, 0.3) is 5.91 Å². The van der Waals surface area contributed by atoms with Crippen LogP contribution in [0.15, 0.2) is 54.6 Å². The quantitative estimate of drug-likeness (QED) is 0.569. The summed E-state index contributed by atoms with van der Waals surface area (Å²) in [7, 11) is 3.21. The SMILES string of the molecule is CCCCOc1ccc(N(C)C(=O)C(OC)C2(O)CCN(Cc3ccccc3)CC2)cc1. The number of rotatable bonds is 10. The van der Waals surface area contributed by atoms with Crippen molar-refractivity contribution in [2.24, 2.45) is 0 Å². The standard InChI is InChI=1S/C26H36N2O4/c1-4-5-19-32-23-13-11-22(12-14-23)27(2)25(29)24(31-3)26(30)15-17-28(18-16-26)20-21-9-7-6-8-10-21/h6-14,24,30H,4-5,15-20H2,1-3H3. The van der Waals surface area contributed by atoms with Crippen LogP contribution in [0.5, 0.6) is 5.75 Å². The number of likely N-dealkylation sites (N-methyl/N-ethyl adjacent to an activating group) is 1. The highest BCUT2D eigenvalue weighted by molar-refractivity contribution is 5.97. The van der Waals surface area contributed by atoms with E-state index in [-0.39, 0.29) is 5.91 Å². The smallest absolute Gasteiger partial charge is 0.258 e. The highest BCUT2D eigenvalue weighted by atomic mass is 16.5. The third-order valence-electron chi connectivity index (χ3n) is 6.24. The van der Waals surface area contributed by atoms with Crippen molar-refractivity contribution in [3.05, 3.63) is 60.2 Å². The van der Waals surface area contributed by atoms with Gasteiger partial charge < -0.3 is 19.5 Å². The Hall–Kier alpha value is -2.41. The van der Waals surface area contributed by atoms with Crippen molar-refractivity contribution >= 4 is 11.6 Å². The molecule has 32 heavy (non-hydrogen) atoms. The molecule has 1 aliphatic rings. The molecule has 1 atom stereocenters. The summed E-state index contributed by atoms with van der Waals surface area (Å²) < 4.78 is 11.3. The van der Waals surface area contributed by atoms with Crippen LogP contribution in [-0.2, 0) is 16.1 Å². The average Bonchev–Trinajstić information content (AvgIpc) is 2.82. The van der Waals surface area contributed by atoms with E-state index in [0.29, 0.717) is 32.5 Å². The zero-order valence-electron chi connectivity index (χ0n) is 19.5. The number of amides is 1. The van der Waals surface area contributed by atoms with E-state index >= 15 is 0 Å². The van der Waals surface area contributed by atoms with E-state index in [1.165, 1.54) is 12.7 Å². The maximum absolute atomic E-state index is 13.2. The summed E-state index contributed by atoms with van der Waals surface area (Å²) in [5.74, 6) is 0.543. The molecule has 0 spiro atoms. The van der Waals surface area contributed by atoms with E-state index in [0.717, 1.165) is 30.8 Å². The van der Waals surface area contributed by atoms with E-state index in [1.54, 1.807) is 11.9 Å². The van der Waals surface area contributed by atoms with Gasteiger partial charge in [0.1, 0.15) is 11.4 Å². The summed E-state index contributed by atoms with van der Waals surface area (Å²) in [5.41, 5.74) is 0.806. The molecular formula is C26H36N2O4. The number of benzene rings is 2. The largest absolute Gasteiger partial charge is 0.494 e. The Morgan fingerprint density at radius 1 is 1.12 bits per heavy atom. The van der Waals surface area contributed by atoms with Crippen molar-refractivity contribution < 1.29 is 19.4 Å². The number of likely N-dealkylation sites (tertiary alicyclic amines) is 1. The second-order valence-corrected chi connectivity index (χ2v) is 8.57. The van der Waals surface area contributed by atoms with Crippen molar-refractivity contribution in [2.75, 3.05) is 38.8 Å². The molecule has 0 bridgehead atoms. The molecule has 1 saturated heterocycles. The van der Waals surface area contributed by atoms with Crippen LogP contribution in [0.2, 0.25) is 0 Å². The molecule has 1 aliphatic heterocycles. The predicted molar refractivity (Wildman–Crippen MR) is 127 cm³/mol. The van der Waals surface area contributed by atoms with Gasteiger partial charge in [0.05, 0.1) is 6.61 Å². The second kappa shape index (κ2) is 11.5. The molecule has 1 unspecified atom stereocenters. The maximum atomic E-state index is 13.2. The molecule has 2 aromatic carbocycles. The summed E-state index contributed by atoms with van der Waals surface area (Å²) >= 11 is 0. The summed E-state index contributed by atoms with van der Waals surface area (Å²) in [6.45, 7) is 5.08. The lowest BCUT2D eigenvalue weighted by Crippen LogP contribution is -2.57. The zero-order chi connectivity index (χ0) is 23.0. The average molecular weight is 441 g/mol. The minimum absolute atomic E-state index is 0.244. The first-order valence-corrected chi connectivity index (χ1v) is 11.5. The fraction of sp³-hybridized carbons (Fsp3) is 0.500. The Labute approximate surface area is 191 Å². The molecule has 6 heteroatoms. The third-order valence-corrected chi connectivity index (χ3v) is 6.24. The Kier molecular flexibility index (Phi) is 8.67. The molecule has 1 fully saturated rings. The van der Waals surface area contributed by atoms with Gasteiger partial charge in [0.2, 0.25) is 0 Å². The van der Waals surface area contributed by atoms with Crippen LogP contribution in [0.4, 0.5) is 5.69 Å². The lowest BCUT2D eigenvalue weighted by atomic mass is 9.85. The van der Waals surface area contributed by atoms with Crippen molar-refractivity contribution in [1.29, 1.82) is 0 Å². The molecule has 2 aromatic rings. The van der Waals surface area contributed by atoms with Crippen LogP contribution in [0, 0.1) is 0 Å². The van der Waals surface area contributed by atoms with Gasteiger partial charge in [-0.15, -0.1) is 0 Å². The van der Waals surface area contributed by atoms with Crippen LogP contribution < -0.4 is 9.64 Å². The summed E-state index contributed by atoms with van der Waals surface area (Å²) in [6, 6.07) is 17.8. The Morgan fingerprint density at radius 3 is 2.38 bits per heavy atom. The molecule has 0 radical (unpaired) electrons. The fourth-order valence-electron chi connectivity index (χ4n) is 4.16. The van der Waals surface area contributed by atoms with Gasteiger partial charge in [-0.2, -0.15) is 0 Å². The van der Waals surface area contributed by atoms with Crippen molar-refractivity contribution in [2.45, 2.75) is 50.9 Å². The predicted octanol–water partition coefficient (Wildman–Crippen LogP) is 3.87. The Morgan fingerprint density at radius 2 is 1.78 bits per heavy atom. The van der Waals surface area contributed by atoms with Crippen LogP contribution in [0.3, 0.4) is 0 Å². The molecule has 1 N–H and O–H groups in total. The van der Waals surface area contributed by atoms with Crippen molar-refractivity contribution in [3.8, 4) is 5.75 Å². The van der Waals surface area contributed by atoms with Gasteiger partial charge >= 0.3 is 0 Å². The van der Waals surface area contributed by atoms with Crippen molar-refractivity contribution in [3.63, 3.8) is 0 Å². The molecule has 3 rings (SSSR count). The normalized spacial score (nSPS) is 17.0. The molecule has 174 valence electrons. The van der Waals surface area contributed by atoms with Crippen LogP contribution in [0.1, 0.15) is 38.2 Å². The first-order valence-electron chi connectivity index (χ1n) is 11.5. The molecule has 6 nitrogen and oxygen atoms in total. The first-order chi connectivity index (χ1) is 15.5. The number of hydrogen-bond acceptors (Lipinski definition) is 5. The highest BCUT2D eigenvalue weighted by Gasteiger charge is 2.45. The number of unbranched alkanes of at least 4 members (excludes halogenated alkanes) is 1. The molecule has 0 aliphatic carbocycles. The summed E-state index contributed by atoms with van der Waals surface area (Å²) in [4.78, 5) is 17.1. The van der Waals surface area contributed by atoms with Gasteiger partial charge in [-0.25, -0.2) is 0 Å². The lowest BCUT2D eigenvalue weighted by molar-refractivity contribution is -0.155. The number of methoxy groups -OCH3 is 1. The number of ether oxygens (including phenoxy) is 2. The lowest BCUT2D eigenvalue weighted by Gasteiger charge is -2.42. The van der Waals surface area contributed by atoms with E-state index < -0.39 is 11.7 Å². The van der Waals surface area contributed by atoms with Crippen LogP contribution >= 0.6 is 0 Å². The summed E-state index contributed by atoms with van der Waals surface area (Å²) in [5, 5.41) is 11.3. The molecule has 0 saturated carbocycles. The number of aliphatic hydroxyl groups is 1. The minimum atomic E-state index is -1.18. The monoisotopic (exact) mass is 440 g/mol. The number of carbonyl (C=O) groups is 1. The van der Waals surface area contributed by atoms with Crippen LogP contribution in [0.25, 0.3) is 0 Å². The number of hydrogen-bond donors (Lipinski definition) is 1. The maximum Gasteiger partial charge on any atom is 0.258 e. The number of nitrogens with zero attached hydrogens (tertiary/aromatic N) is 2. The van der Waals surface area contributed by atoms with Crippen LogP contribution in [-0.4, -0.2) is 61.5 Å². The van der Waals surface area contributed by atoms with Crippen molar-refractivity contribution in [1.82, 2.24) is 4.90 Å². The minimum Gasteiger partial charge on any atom is -0.494 e. The molecule has 0 aromatic heterocycles. The molecule has 1 amide bonds. The third kappa shape index (κ3) is 6.09. The Bertz CT molecular complexity index is 833. The second-order valence-electron chi connectivity index (χ2n) is 8.57. The Balaban J connectivity index is 1.59.